The number of nitrogens with zero attached hydrogens (tertiary/aromatic N) is 3. The second-order valence-corrected chi connectivity index (χ2v) is 7.27. The van der Waals surface area contributed by atoms with E-state index in [-0.39, 0.29) is 22.7 Å². The number of benzene rings is 2. The van der Waals surface area contributed by atoms with E-state index in [9.17, 15) is 22.8 Å². The van der Waals surface area contributed by atoms with Gasteiger partial charge in [0, 0.05) is 16.8 Å². The molecule has 0 aliphatic heterocycles. The molecule has 2 aromatic carbocycles. The Hall–Kier alpha value is -4.01. The maximum atomic E-state index is 13.7. The average Bonchev–Trinajstić information content (AvgIpc) is 3.17. The van der Waals surface area contributed by atoms with Gasteiger partial charge in [0.1, 0.15) is 5.56 Å². The quantitative estimate of drug-likeness (QED) is 0.446. The molecule has 2 heterocycles. The summed E-state index contributed by atoms with van der Waals surface area (Å²) < 4.78 is 41.8. The van der Waals surface area contributed by atoms with Gasteiger partial charge in [0.15, 0.2) is 17.1 Å². The molecule has 0 atom stereocenters. The molecule has 0 spiro atoms. The second-order valence-electron chi connectivity index (χ2n) is 7.27. The van der Waals surface area contributed by atoms with Gasteiger partial charge in [-0.3, -0.25) is 9.59 Å². The van der Waals surface area contributed by atoms with Crippen LogP contribution in [0.5, 0.6) is 0 Å². The Bertz CT molecular complexity index is 1320. The first-order valence-electron chi connectivity index (χ1n) is 9.59. The molecule has 1 N–H and O–H groups in total. The van der Waals surface area contributed by atoms with Crippen molar-refractivity contribution >= 4 is 23.0 Å². The number of carbonyl (C=O) groups excluding carboxylic acids is 2. The lowest BCUT2D eigenvalue weighted by atomic mass is 10.1. The summed E-state index contributed by atoms with van der Waals surface area (Å²) >= 11 is 0. The number of aromatic nitrogens is 3. The highest BCUT2D eigenvalue weighted by Crippen LogP contribution is 2.33. The maximum Gasteiger partial charge on any atom is 0.433 e. The third kappa shape index (κ3) is 4.09. The van der Waals surface area contributed by atoms with E-state index in [2.05, 4.69) is 15.4 Å². The molecule has 162 valence electrons. The van der Waals surface area contributed by atoms with Crippen LogP contribution in [0.4, 0.5) is 18.9 Å². The van der Waals surface area contributed by atoms with Gasteiger partial charge in [-0.1, -0.05) is 29.8 Å². The SMILES string of the molecule is CC(=O)c1ccc(NC(=O)c2cnn3c(C(F)(F)F)cc(-c4ccc(C)cc4)nc23)cc1. The number of amides is 1. The molecule has 0 saturated heterocycles. The zero-order valence-corrected chi connectivity index (χ0v) is 17.1. The molecule has 0 unspecified atom stereocenters. The lowest BCUT2D eigenvalue weighted by Crippen LogP contribution is -2.16. The molecule has 0 aliphatic rings. The van der Waals surface area contributed by atoms with Gasteiger partial charge in [-0.2, -0.15) is 18.3 Å². The molecule has 0 bridgehead atoms. The van der Waals surface area contributed by atoms with Gasteiger partial charge >= 0.3 is 6.18 Å². The number of ketones is 1. The summed E-state index contributed by atoms with van der Waals surface area (Å²) in [6.07, 6.45) is -3.65. The van der Waals surface area contributed by atoms with E-state index in [1.807, 2.05) is 6.92 Å². The van der Waals surface area contributed by atoms with Gasteiger partial charge < -0.3 is 5.32 Å². The van der Waals surface area contributed by atoms with Gasteiger partial charge in [-0.25, -0.2) is 9.50 Å². The molecule has 0 aliphatic carbocycles. The Morgan fingerprint density at radius 3 is 2.25 bits per heavy atom. The van der Waals surface area contributed by atoms with Crippen molar-refractivity contribution in [3.8, 4) is 11.3 Å². The minimum absolute atomic E-state index is 0.0742. The third-order valence-corrected chi connectivity index (χ3v) is 4.90. The predicted octanol–water partition coefficient (Wildman–Crippen LogP) is 5.18. The van der Waals surface area contributed by atoms with Crippen LogP contribution >= 0.6 is 0 Å². The van der Waals surface area contributed by atoms with Crippen LogP contribution in [-0.4, -0.2) is 26.3 Å². The van der Waals surface area contributed by atoms with E-state index in [0.717, 1.165) is 17.8 Å². The second kappa shape index (κ2) is 7.92. The topological polar surface area (TPSA) is 76.4 Å². The Morgan fingerprint density at radius 1 is 1.00 bits per heavy atom. The van der Waals surface area contributed by atoms with E-state index in [0.29, 0.717) is 21.3 Å². The monoisotopic (exact) mass is 438 g/mol. The van der Waals surface area contributed by atoms with Gasteiger partial charge in [0.05, 0.1) is 11.9 Å². The first kappa shape index (κ1) is 21.2. The van der Waals surface area contributed by atoms with E-state index >= 15 is 0 Å². The predicted molar refractivity (Wildman–Crippen MR) is 113 cm³/mol. The number of aryl methyl sites for hydroxylation is 1. The van der Waals surface area contributed by atoms with Crippen molar-refractivity contribution in [1.82, 2.24) is 14.6 Å². The van der Waals surface area contributed by atoms with Crippen LogP contribution < -0.4 is 5.32 Å². The smallest absolute Gasteiger partial charge is 0.322 e. The minimum atomic E-state index is -4.71. The lowest BCUT2D eigenvalue weighted by Gasteiger charge is -2.12. The normalized spacial score (nSPS) is 11.5. The van der Waals surface area contributed by atoms with Crippen molar-refractivity contribution in [2.45, 2.75) is 20.0 Å². The molecular weight excluding hydrogens is 421 g/mol. The first-order chi connectivity index (χ1) is 15.1. The highest BCUT2D eigenvalue weighted by atomic mass is 19.4. The Labute approximate surface area is 180 Å². The van der Waals surface area contributed by atoms with E-state index < -0.39 is 17.8 Å². The number of halogens is 3. The van der Waals surface area contributed by atoms with Crippen LogP contribution in [-0.2, 0) is 6.18 Å². The molecule has 2 aromatic heterocycles. The number of nitrogens with one attached hydrogen (secondary N) is 1. The summed E-state index contributed by atoms with van der Waals surface area (Å²) in [5.41, 5.74) is 0.992. The van der Waals surface area contributed by atoms with E-state index in [1.165, 1.54) is 19.1 Å². The highest BCUT2D eigenvalue weighted by molar-refractivity contribution is 6.08. The largest absolute Gasteiger partial charge is 0.433 e. The number of hydrogen-bond acceptors (Lipinski definition) is 4. The highest BCUT2D eigenvalue weighted by Gasteiger charge is 2.36. The summed E-state index contributed by atoms with van der Waals surface area (Å²) in [6.45, 7) is 3.28. The van der Waals surface area contributed by atoms with Crippen LogP contribution in [0.1, 0.15) is 38.9 Å². The summed E-state index contributed by atoms with van der Waals surface area (Å²) in [7, 11) is 0. The molecule has 9 heteroatoms. The average molecular weight is 438 g/mol. The van der Waals surface area contributed by atoms with Crippen LogP contribution in [0.15, 0.2) is 60.8 Å². The van der Waals surface area contributed by atoms with Crippen molar-refractivity contribution in [3.05, 3.63) is 83.2 Å². The summed E-state index contributed by atoms with van der Waals surface area (Å²) in [5.74, 6) is -0.796. The number of fused-ring (bicyclic) bond motifs is 1. The lowest BCUT2D eigenvalue weighted by molar-refractivity contribution is -0.142. The molecule has 4 rings (SSSR count). The molecule has 1 amide bonds. The fourth-order valence-electron chi connectivity index (χ4n) is 3.18. The number of anilines is 1. The first-order valence-corrected chi connectivity index (χ1v) is 9.59. The van der Waals surface area contributed by atoms with Crippen molar-refractivity contribution in [2.24, 2.45) is 0 Å². The van der Waals surface area contributed by atoms with Crippen molar-refractivity contribution in [1.29, 1.82) is 0 Å². The van der Waals surface area contributed by atoms with Crippen molar-refractivity contribution in [2.75, 3.05) is 5.32 Å². The molecule has 4 aromatic rings. The van der Waals surface area contributed by atoms with Crippen LogP contribution in [0.25, 0.3) is 16.9 Å². The number of carbonyl (C=O) groups is 2. The summed E-state index contributed by atoms with van der Waals surface area (Å²) in [4.78, 5) is 28.5. The molecular formula is C23H17F3N4O2. The number of alkyl halides is 3. The fraction of sp³-hybridized carbons (Fsp3) is 0.130. The molecule has 0 radical (unpaired) electrons. The van der Waals surface area contributed by atoms with E-state index in [1.54, 1.807) is 36.4 Å². The van der Waals surface area contributed by atoms with Crippen LogP contribution in [0, 0.1) is 6.92 Å². The third-order valence-electron chi connectivity index (χ3n) is 4.90. The van der Waals surface area contributed by atoms with E-state index in [4.69, 9.17) is 0 Å². The van der Waals surface area contributed by atoms with Crippen LogP contribution in [0.3, 0.4) is 0 Å². The van der Waals surface area contributed by atoms with Gasteiger partial charge in [-0.15, -0.1) is 0 Å². The molecule has 32 heavy (non-hydrogen) atoms. The zero-order valence-electron chi connectivity index (χ0n) is 17.1. The van der Waals surface area contributed by atoms with Crippen molar-refractivity contribution in [3.63, 3.8) is 0 Å². The number of rotatable bonds is 4. The van der Waals surface area contributed by atoms with Gasteiger partial charge in [0.25, 0.3) is 5.91 Å². The fourth-order valence-corrected chi connectivity index (χ4v) is 3.18. The standard InChI is InChI=1S/C23H17F3N4O2/c1-13-3-5-16(6-4-13)19-11-20(23(24,25)26)30-21(29-19)18(12-27-30)22(32)28-17-9-7-15(8-10-17)14(2)31/h3-12H,1-2H3,(H,28,32). The molecule has 6 nitrogen and oxygen atoms in total. The molecule has 0 saturated carbocycles. The van der Waals surface area contributed by atoms with Gasteiger partial charge in [0.2, 0.25) is 0 Å². The molecule has 0 fully saturated rings. The number of Topliss-reactive ketones (excluding diaryl/α,β-unsaturated/α-hetero) is 1. The minimum Gasteiger partial charge on any atom is -0.322 e. The van der Waals surface area contributed by atoms with Crippen LogP contribution in [0.2, 0.25) is 0 Å². The zero-order chi connectivity index (χ0) is 23.0. The Morgan fingerprint density at radius 2 is 1.66 bits per heavy atom. The summed E-state index contributed by atoms with van der Waals surface area (Å²) in [5, 5.41) is 6.37. The van der Waals surface area contributed by atoms with Gasteiger partial charge in [-0.05, 0) is 44.2 Å². The Balaban J connectivity index is 1.78. The maximum absolute atomic E-state index is 13.7. The number of hydrogen-bond donors (Lipinski definition) is 1. The Kier molecular flexibility index (Phi) is 5.25. The summed E-state index contributed by atoms with van der Waals surface area (Å²) in [6, 6.07) is 13.9. The van der Waals surface area contributed by atoms with Crippen molar-refractivity contribution < 1.29 is 22.8 Å².